The van der Waals surface area contributed by atoms with Crippen LogP contribution in [0.5, 0.6) is 5.75 Å². The van der Waals surface area contributed by atoms with Crippen LogP contribution in [-0.4, -0.2) is 30.1 Å². The van der Waals surface area contributed by atoms with Crippen LogP contribution < -0.4 is 4.74 Å². The van der Waals surface area contributed by atoms with Crippen molar-refractivity contribution in [3.8, 4) is 5.75 Å². The molecular formula is C13H17NO3. The Labute approximate surface area is 101 Å². The minimum atomic E-state index is 0.0552. The second-order valence-corrected chi connectivity index (χ2v) is 4.22. The van der Waals surface area contributed by atoms with Crippen LogP contribution in [0.25, 0.3) is 0 Å². The second-order valence-electron chi connectivity index (χ2n) is 4.22. The number of rotatable bonds is 5. The van der Waals surface area contributed by atoms with Gasteiger partial charge in [0.1, 0.15) is 17.5 Å². The first-order valence-electron chi connectivity index (χ1n) is 5.91. The summed E-state index contributed by atoms with van der Waals surface area (Å²) in [5.74, 6) is 0.775. The SMILES string of the molecule is CCC(=O)c1ccc(OC2CC(OC)C2)cn1. The van der Waals surface area contributed by atoms with Crippen molar-refractivity contribution in [3.05, 3.63) is 24.0 Å². The van der Waals surface area contributed by atoms with Gasteiger partial charge in [-0.15, -0.1) is 0 Å². The minimum absolute atomic E-state index is 0.0552. The Morgan fingerprint density at radius 2 is 2.18 bits per heavy atom. The average Bonchev–Trinajstić information content (AvgIpc) is 2.33. The number of ketones is 1. The number of carbonyl (C=O) groups is 1. The lowest BCUT2D eigenvalue weighted by molar-refractivity contribution is -0.0382. The van der Waals surface area contributed by atoms with E-state index in [0.29, 0.717) is 18.2 Å². The third kappa shape index (κ3) is 2.82. The van der Waals surface area contributed by atoms with Crippen molar-refractivity contribution in [3.63, 3.8) is 0 Å². The van der Waals surface area contributed by atoms with E-state index in [9.17, 15) is 4.79 Å². The van der Waals surface area contributed by atoms with Crippen LogP contribution in [-0.2, 0) is 4.74 Å². The monoisotopic (exact) mass is 235 g/mol. The molecule has 1 aliphatic rings. The molecule has 4 heteroatoms. The zero-order chi connectivity index (χ0) is 12.3. The van der Waals surface area contributed by atoms with Crippen LogP contribution in [0.15, 0.2) is 18.3 Å². The molecule has 0 saturated heterocycles. The molecule has 0 atom stereocenters. The van der Waals surface area contributed by atoms with Gasteiger partial charge >= 0.3 is 0 Å². The molecule has 92 valence electrons. The van der Waals surface area contributed by atoms with Crippen LogP contribution >= 0.6 is 0 Å². The molecule has 1 saturated carbocycles. The highest BCUT2D eigenvalue weighted by atomic mass is 16.5. The van der Waals surface area contributed by atoms with Crippen LogP contribution in [0.4, 0.5) is 0 Å². The Morgan fingerprint density at radius 1 is 1.41 bits per heavy atom. The Kier molecular flexibility index (Phi) is 3.74. The lowest BCUT2D eigenvalue weighted by Crippen LogP contribution is -2.38. The summed E-state index contributed by atoms with van der Waals surface area (Å²) in [4.78, 5) is 15.5. The van der Waals surface area contributed by atoms with E-state index in [1.807, 2.05) is 6.92 Å². The molecule has 1 aliphatic carbocycles. The summed E-state index contributed by atoms with van der Waals surface area (Å²) in [6.45, 7) is 1.83. The molecule has 0 aliphatic heterocycles. The molecule has 1 aromatic heterocycles. The van der Waals surface area contributed by atoms with E-state index in [0.717, 1.165) is 18.6 Å². The largest absolute Gasteiger partial charge is 0.489 e. The van der Waals surface area contributed by atoms with E-state index in [-0.39, 0.29) is 11.9 Å². The molecule has 0 spiro atoms. The predicted molar refractivity (Wildman–Crippen MR) is 63.3 cm³/mol. The summed E-state index contributed by atoms with van der Waals surface area (Å²) in [6, 6.07) is 3.52. The molecule has 4 nitrogen and oxygen atoms in total. The van der Waals surface area contributed by atoms with Crippen LogP contribution in [0, 0.1) is 0 Å². The zero-order valence-electron chi connectivity index (χ0n) is 10.2. The number of pyridine rings is 1. The number of hydrogen-bond donors (Lipinski definition) is 0. The van der Waals surface area contributed by atoms with Gasteiger partial charge in [0.25, 0.3) is 0 Å². The lowest BCUT2D eigenvalue weighted by atomic mass is 9.92. The molecule has 1 heterocycles. The van der Waals surface area contributed by atoms with Gasteiger partial charge in [0.15, 0.2) is 5.78 Å². The maximum atomic E-state index is 11.4. The normalized spacial score (nSPS) is 22.9. The minimum Gasteiger partial charge on any atom is -0.489 e. The van der Waals surface area contributed by atoms with Gasteiger partial charge < -0.3 is 9.47 Å². The topological polar surface area (TPSA) is 48.4 Å². The van der Waals surface area contributed by atoms with E-state index in [2.05, 4.69) is 4.98 Å². The number of hydrogen-bond acceptors (Lipinski definition) is 4. The predicted octanol–water partition coefficient (Wildman–Crippen LogP) is 2.23. The molecule has 0 bridgehead atoms. The Morgan fingerprint density at radius 3 is 2.71 bits per heavy atom. The van der Waals surface area contributed by atoms with E-state index < -0.39 is 0 Å². The summed E-state index contributed by atoms with van der Waals surface area (Å²) in [7, 11) is 1.72. The summed E-state index contributed by atoms with van der Waals surface area (Å²) in [6.07, 6.45) is 4.48. The number of methoxy groups -OCH3 is 1. The van der Waals surface area contributed by atoms with Crippen molar-refractivity contribution in [1.29, 1.82) is 0 Å². The van der Waals surface area contributed by atoms with Gasteiger partial charge in [-0.25, -0.2) is 4.98 Å². The molecule has 0 amide bonds. The number of aromatic nitrogens is 1. The molecule has 2 rings (SSSR count). The summed E-state index contributed by atoms with van der Waals surface area (Å²) in [5, 5.41) is 0. The standard InChI is InChI=1S/C13H17NO3/c1-3-13(15)12-5-4-9(8-14-12)17-11-6-10(7-11)16-2/h4-5,8,10-11H,3,6-7H2,1-2H3. The van der Waals surface area contributed by atoms with Crippen LogP contribution in [0.1, 0.15) is 36.7 Å². The second kappa shape index (κ2) is 5.27. The van der Waals surface area contributed by atoms with Crippen LogP contribution in [0.3, 0.4) is 0 Å². The van der Waals surface area contributed by atoms with Crippen LogP contribution in [0.2, 0.25) is 0 Å². The maximum absolute atomic E-state index is 11.4. The smallest absolute Gasteiger partial charge is 0.180 e. The molecule has 0 N–H and O–H groups in total. The molecule has 17 heavy (non-hydrogen) atoms. The van der Waals surface area contributed by atoms with Crippen molar-refractivity contribution in [1.82, 2.24) is 4.98 Å². The highest BCUT2D eigenvalue weighted by Gasteiger charge is 2.30. The van der Waals surface area contributed by atoms with Gasteiger partial charge in [-0.1, -0.05) is 6.92 Å². The number of ether oxygens (including phenoxy) is 2. The summed E-state index contributed by atoms with van der Waals surface area (Å²) >= 11 is 0. The van der Waals surface area contributed by atoms with Crippen molar-refractivity contribution in [2.45, 2.75) is 38.4 Å². The summed E-state index contributed by atoms with van der Waals surface area (Å²) in [5.41, 5.74) is 0.503. The van der Waals surface area contributed by atoms with E-state index in [4.69, 9.17) is 9.47 Å². The van der Waals surface area contributed by atoms with E-state index >= 15 is 0 Å². The average molecular weight is 235 g/mol. The van der Waals surface area contributed by atoms with Crippen molar-refractivity contribution < 1.29 is 14.3 Å². The Balaban J connectivity index is 1.88. The first-order valence-corrected chi connectivity index (χ1v) is 5.91. The lowest BCUT2D eigenvalue weighted by Gasteiger charge is -2.34. The fourth-order valence-corrected chi connectivity index (χ4v) is 1.79. The fraction of sp³-hybridized carbons (Fsp3) is 0.538. The fourth-order valence-electron chi connectivity index (χ4n) is 1.79. The molecule has 0 radical (unpaired) electrons. The van der Waals surface area contributed by atoms with Crippen molar-refractivity contribution >= 4 is 5.78 Å². The molecule has 0 aromatic carbocycles. The van der Waals surface area contributed by atoms with Crippen molar-refractivity contribution in [2.75, 3.05) is 7.11 Å². The van der Waals surface area contributed by atoms with E-state index in [1.54, 1.807) is 25.4 Å². The summed E-state index contributed by atoms with van der Waals surface area (Å²) < 4.78 is 10.9. The van der Waals surface area contributed by atoms with Crippen molar-refractivity contribution in [2.24, 2.45) is 0 Å². The number of carbonyl (C=O) groups excluding carboxylic acids is 1. The quantitative estimate of drug-likeness (QED) is 0.734. The van der Waals surface area contributed by atoms with Gasteiger partial charge in [-0.3, -0.25) is 4.79 Å². The maximum Gasteiger partial charge on any atom is 0.180 e. The number of nitrogens with zero attached hydrogens (tertiary/aromatic N) is 1. The highest BCUT2D eigenvalue weighted by molar-refractivity contribution is 5.93. The zero-order valence-corrected chi connectivity index (χ0v) is 10.2. The van der Waals surface area contributed by atoms with Gasteiger partial charge in [-0.05, 0) is 12.1 Å². The first kappa shape index (κ1) is 12.0. The Hall–Kier alpha value is -1.42. The number of Topliss-reactive ketones (excluding diaryl/α,β-unsaturated/α-hetero) is 1. The highest BCUT2D eigenvalue weighted by Crippen LogP contribution is 2.27. The third-order valence-corrected chi connectivity index (χ3v) is 3.03. The first-order chi connectivity index (χ1) is 8.22. The molecule has 0 unspecified atom stereocenters. The molecular weight excluding hydrogens is 218 g/mol. The molecule has 1 fully saturated rings. The van der Waals surface area contributed by atoms with Gasteiger partial charge in [0.2, 0.25) is 0 Å². The van der Waals surface area contributed by atoms with Gasteiger partial charge in [0.05, 0.1) is 12.3 Å². The van der Waals surface area contributed by atoms with Gasteiger partial charge in [-0.2, -0.15) is 0 Å². The van der Waals surface area contributed by atoms with E-state index in [1.165, 1.54) is 0 Å². The van der Waals surface area contributed by atoms with Gasteiger partial charge in [0, 0.05) is 26.4 Å². The third-order valence-electron chi connectivity index (χ3n) is 3.03. The molecule has 1 aromatic rings. The Bertz CT molecular complexity index is 382.